The van der Waals surface area contributed by atoms with Crippen LogP contribution in [0.15, 0.2) is 24.3 Å². The second-order valence-corrected chi connectivity index (χ2v) is 20.9. The summed E-state index contributed by atoms with van der Waals surface area (Å²) < 4.78 is 1.76. The first kappa shape index (κ1) is 70.6. The molecule has 0 aromatic heterocycles. The Morgan fingerprint density at radius 2 is 0.792 bits per heavy atom. The number of urea groups is 2. The van der Waals surface area contributed by atoms with Gasteiger partial charge in [0, 0.05) is 70.8 Å². The second kappa shape index (κ2) is 46.1. The van der Waals surface area contributed by atoms with E-state index < -0.39 is 4.92 Å². The van der Waals surface area contributed by atoms with Gasteiger partial charge in [0.1, 0.15) is 0 Å². The van der Waals surface area contributed by atoms with Crippen molar-refractivity contribution in [3.05, 3.63) is 39.9 Å². The molecule has 1 aromatic rings. The summed E-state index contributed by atoms with van der Waals surface area (Å²) in [5, 5.41) is 28.7. The fourth-order valence-electron chi connectivity index (χ4n) is 8.49. The summed E-state index contributed by atoms with van der Waals surface area (Å²) in [7, 11) is 8.88. The van der Waals surface area contributed by atoms with Gasteiger partial charge in [-0.25, -0.2) is 9.59 Å². The number of nitrogens with zero attached hydrogens (tertiary/aromatic N) is 4. The maximum Gasteiger partial charge on any atom is 0.314 e. The third-order valence-corrected chi connectivity index (χ3v) is 13.3. The minimum atomic E-state index is -0.425. The molecular weight excluding hydrogens is 956 g/mol. The molecule has 0 atom stereocenters. The average Bonchev–Trinajstić information content (AvgIpc) is 3.32. The molecule has 0 saturated carbocycles. The van der Waals surface area contributed by atoms with Crippen molar-refractivity contribution in [1.29, 1.82) is 0 Å². The van der Waals surface area contributed by atoms with E-state index in [2.05, 4.69) is 78.8 Å². The summed E-state index contributed by atoms with van der Waals surface area (Å²) in [6, 6.07) is 6.04. The molecule has 72 heavy (non-hydrogen) atoms. The van der Waals surface area contributed by atoms with Gasteiger partial charge in [0.2, 0.25) is 11.8 Å². The van der Waals surface area contributed by atoms with Gasteiger partial charge in [0.05, 0.1) is 72.4 Å². The van der Waals surface area contributed by atoms with E-state index in [0.717, 1.165) is 40.7 Å². The number of carbonyl (C=O) groups is 4. The van der Waals surface area contributed by atoms with Crippen molar-refractivity contribution >= 4 is 29.6 Å². The maximum atomic E-state index is 12.8. The number of quaternary nitrogens is 2. The highest BCUT2D eigenvalue weighted by molar-refractivity contribution is 5.77. The summed E-state index contributed by atoms with van der Waals surface area (Å²) >= 11 is 0. The Balaban J connectivity index is 0. The standard InChI is InChI=1S/C54H102N10O6.2ClH/c1-7-9-11-13-15-17-19-21-23-25-45-63(3,4)47-40-59-53(67)57-38-27-36-55-51(65)34-43-61(42-33-49-29-31-50(32-30-49)62(69)70)44-35-52(66)56-37-28-39-58-54(68)60-41-48-64(5,6)46-26-24-22-20-18-16-14-12-10-8-2;;/h29-32H,7-28,33-48H2,1-6H3,(H4-2,55,56,57,58,59,60,65,66,67,68);2*1H. The molecule has 0 unspecified atom stereocenters. The quantitative estimate of drug-likeness (QED) is 0.0251. The maximum absolute atomic E-state index is 12.8. The van der Waals surface area contributed by atoms with Crippen molar-refractivity contribution in [2.75, 3.05) is 113 Å². The van der Waals surface area contributed by atoms with E-state index in [9.17, 15) is 29.3 Å². The summed E-state index contributed by atoms with van der Waals surface area (Å²) in [4.78, 5) is 63.2. The number of hydrogen-bond acceptors (Lipinski definition) is 7. The predicted octanol–water partition coefficient (Wildman–Crippen LogP) is 2.83. The van der Waals surface area contributed by atoms with Crippen molar-refractivity contribution in [3.8, 4) is 0 Å². The van der Waals surface area contributed by atoms with E-state index >= 15 is 0 Å². The minimum absolute atomic E-state index is 0. The van der Waals surface area contributed by atoms with Crippen LogP contribution in [0.4, 0.5) is 15.3 Å². The van der Waals surface area contributed by atoms with Crippen LogP contribution in [0.1, 0.15) is 174 Å². The molecule has 420 valence electrons. The Morgan fingerprint density at radius 3 is 1.15 bits per heavy atom. The number of nitro groups is 1. The normalized spacial score (nSPS) is 11.3. The molecule has 0 heterocycles. The number of carbonyl (C=O) groups excluding carboxylic acids is 4. The molecule has 6 amide bonds. The molecule has 0 aliphatic carbocycles. The van der Waals surface area contributed by atoms with Crippen LogP contribution in [-0.4, -0.2) is 156 Å². The van der Waals surface area contributed by atoms with E-state index in [-0.39, 0.29) is 67.2 Å². The first-order valence-corrected chi connectivity index (χ1v) is 27.8. The first-order chi connectivity index (χ1) is 33.7. The highest BCUT2D eigenvalue weighted by Crippen LogP contribution is 2.15. The zero-order chi connectivity index (χ0) is 51.6. The lowest BCUT2D eigenvalue weighted by atomic mass is 10.1. The van der Waals surface area contributed by atoms with Gasteiger partial charge < -0.3 is 70.6 Å². The summed E-state index contributed by atoms with van der Waals surface area (Å²) in [6.07, 6.45) is 28.8. The highest BCUT2D eigenvalue weighted by atomic mass is 35.5. The van der Waals surface area contributed by atoms with Gasteiger partial charge in [0.15, 0.2) is 0 Å². The number of benzene rings is 1. The topological polar surface area (TPSA) is 187 Å². The fraction of sp³-hybridized carbons (Fsp3) is 0.815. The van der Waals surface area contributed by atoms with Gasteiger partial charge in [-0.1, -0.05) is 129 Å². The number of amides is 6. The zero-order valence-corrected chi connectivity index (χ0v) is 47.7. The number of non-ortho nitro benzene ring substituents is 1. The molecule has 6 N–H and O–H groups in total. The van der Waals surface area contributed by atoms with E-state index in [4.69, 9.17) is 0 Å². The highest BCUT2D eigenvalue weighted by Gasteiger charge is 2.17. The lowest BCUT2D eigenvalue weighted by molar-refractivity contribution is -0.889. The van der Waals surface area contributed by atoms with Gasteiger partial charge in [-0.15, -0.1) is 0 Å². The van der Waals surface area contributed by atoms with Gasteiger partial charge in [0.25, 0.3) is 5.69 Å². The molecule has 0 fully saturated rings. The fourth-order valence-corrected chi connectivity index (χ4v) is 8.49. The molecule has 0 radical (unpaired) electrons. The molecule has 0 aliphatic rings. The zero-order valence-electron chi connectivity index (χ0n) is 46.2. The molecule has 18 heteroatoms. The van der Waals surface area contributed by atoms with Gasteiger partial charge in [-0.2, -0.15) is 0 Å². The number of rotatable bonds is 46. The summed E-state index contributed by atoms with van der Waals surface area (Å²) in [5.41, 5.74) is 0.958. The Morgan fingerprint density at radius 1 is 0.458 bits per heavy atom. The number of nitro benzene ring substituents is 1. The SMILES string of the molecule is CCCCCCCCCCCC[N+](C)(C)CCNC(=O)NCCCNC(=O)CCN(CCC(=O)NCCCNC(=O)NCC[N+](C)(C)CCCCCCCCCCCC)CCc1ccc([N+](=O)[O-])cc1.[Cl-].[Cl-]. The number of halogens is 2. The third-order valence-electron chi connectivity index (χ3n) is 13.3. The molecule has 0 spiro atoms. The summed E-state index contributed by atoms with van der Waals surface area (Å²) in [5.74, 6) is -0.222. The Kier molecular flexibility index (Phi) is 45.2. The number of nitrogens with one attached hydrogen (secondary N) is 6. The number of likely N-dealkylation sites (N-methyl/N-ethyl adjacent to an activating group) is 2. The van der Waals surface area contributed by atoms with Crippen LogP contribution < -0.4 is 56.7 Å². The smallest absolute Gasteiger partial charge is 0.314 e. The third kappa shape index (κ3) is 43.0. The molecule has 16 nitrogen and oxygen atoms in total. The van der Waals surface area contributed by atoms with Crippen LogP contribution >= 0.6 is 0 Å². The monoisotopic (exact) mass is 1060 g/mol. The van der Waals surface area contributed by atoms with Crippen LogP contribution in [0.5, 0.6) is 0 Å². The van der Waals surface area contributed by atoms with Gasteiger partial charge in [-0.3, -0.25) is 19.7 Å². The van der Waals surface area contributed by atoms with Crippen molar-refractivity contribution in [2.45, 2.75) is 174 Å². The summed E-state index contributed by atoms with van der Waals surface area (Å²) in [6.45, 7) is 12.9. The predicted molar refractivity (Wildman–Crippen MR) is 288 cm³/mol. The van der Waals surface area contributed by atoms with Crippen molar-refractivity contribution in [3.63, 3.8) is 0 Å². The Labute approximate surface area is 450 Å². The molecule has 1 aromatic carbocycles. The molecule has 0 aliphatic heterocycles. The van der Waals surface area contributed by atoms with Crippen LogP contribution in [0.2, 0.25) is 0 Å². The molecule has 1 rings (SSSR count). The number of hydrogen-bond donors (Lipinski definition) is 6. The van der Waals surface area contributed by atoms with E-state index in [0.29, 0.717) is 78.2 Å². The second-order valence-electron chi connectivity index (χ2n) is 20.9. The van der Waals surface area contributed by atoms with Crippen LogP contribution in [0, 0.1) is 10.1 Å². The van der Waals surface area contributed by atoms with Crippen LogP contribution in [0.25, 0.3) is 0 Å². The molecule has 0 saturated heterocycles. The number of unbranched alkanes of at least 4 members (excludes halogenated alkanes) is 18. The largest absolute Gasteiger partial charge is 1.00 e. The average molecular weight is 1060 g/mol. The Hall–Kier alpha value is -3.44. The van der Waals surface area contributed by atoms with Crippen LogP contribution in [0.3, 0.4) is 0 Å². The molecular formula is C54H104Cl2N10O6. The van der Waals surface area contributed by atoms with E-state index in [1.165, 1.54) is 141 Å². The Bertz CT molecular complexity index is 1450. The van der Waals surface area contributed by atoms with Gasteiger partial charge in [-0.05, 0) is 50.5 Å². The van der Waals surface area contributed by atoms with E-state index in [1.54, 1.807) is 12.1 Å². The first-order valence-electron chi connectivity index (χ1n) is 27.8. The minimum Gasteiger partial charge on any atom is -1.00 e. The van der Waals surface area contributed by atoms with Crippen molar-refractivity contribution in [2.24, 2.45) is 0 Å². The van der Waals surface area contributed by atoms with Gasteiger partial charge >= 0.3 is 12.1 Å². The van der Waals surface area contributed by atoms with Crippen molar-refractivity contribution < 1.29 is 57.9 Å². The molecule has 0 bridgehead atoms. The van der Waals surface area contributed by atoms with E-state index in [1.807, 2.05) is 0 Å². The lowest BCUT2D eigenvalue weighted by Gasteiger charge is -2.30. The van der Waals surface area contributed by atoms with Crippen molar-refractivity contribution in [1.82, 2.24) is 36.8 Å². The van der Waals surface area contributed by atoms with Crippen LogP contribution in [-0.2, 0) is 16.0 Å². The lowest BCUT2D eigenvalue weighted by Crippen LogP contribution is -3.00.